The molecule has 236 valence electrons. The molecule has 13 heteroatoms. The predicted molar refractivity (Wildman–Crippen MR) is 171 cm³/mol. The van der Waals surface area contributed by atoms with Crippen LogP contribution in [0.4, 0.5) is 16.0 Å². The minimum Gasteiger partial charge on any atom is -0.383 e. The highest BCUT2D eigenvalue weighted by Gasteiger charge is 2.29. The summed E-state index contributed by atoms with van der Waals surface area (Å²) in [4.78, 5) is 36.8. The zero-order chi connectivity index (χ0) is 32.1. The van der Waals surface area contributed by atoms with Gasteiger partial charge >= 0.3 is 0 Å². The summed E-state index contributed by atoms with van der Waals surface area (Å²) >= 11 is 5.98. The van der Waals surface area contributed by atoms with Gasteiger partial charge in [-0.25, -0.2) is 14.4 Å². The smallest absolute Gasteiger partial charge is 0.269 e. The molecule has 1 amide bonds. The first-order valence-corrected chi connectivity index (χ1v) is 15.2. The Morgan fingerprint density at radius 1 is 1.23 bits per heavy atom. The van der Waals surface area contributed by atoms with Crippen LogP contribution in [0.15, 0.2) is 35.3 Å². The molecule has 0 aliphatic carbocycles. The molecule has 1 aliphatic rings. The van der Waals surface area contributed by atoms with Crippen molar-refractivity contribution in [3.05, 3.63) is 74.3 Å². The number of halogens is 2. The van der Waals surface area contributed by atoms with Gasteiger partial charge in [-0.2, -0.15) is 5.10 Å². The summed E-state index contributed by atoms with van der Waals surface area (Å²) in [5, 5.41) is 8.14. The molecule has 4 heterocycles. The normalized spacial score (nSPS) is 14.3. The van der Waals surface area contributed by atoms with Gasteiger partial charge in [-0.15, -0.1) is 0 Å². The van der Waals surface area contributed by atoms with Crippen LogP contribution < -0.4 is 21.5 Å². The van der Waals surface area contributed by atoms with E-state index >= 15 is 0 Å². The van der Waals surface area contributed by atoms with Crippen molar-refractivity contribution >= 4 is 40.0 Å². The van der Waals surface area contributed by atoms with E-state index in [0.29, 0.717) is 67.3 Å². The fourth-order valence-corrected chi connectivity index (χ4v) is 5.84. The number of nitrogens with zero attached hydrogens (tertiary/aromatic N) is 6. The van der Waals surface area contributed by atoms with Crippen molar-refractivity contribution in [3.63, 3.8) is 0 Å². The second-order valence-electron chi connectivity index (χ2n) is 10.6. The molecule has 0 radical (unpaired) electrons. The number of aryl methyl sites for hydroxylation is 1. The highest BCUT2D eigenvalue weighted by atomic mass is 35.5. The Labute approximate surface area is 261 Å². The first kappa shape index (κ1) is 32.9. The zero-order valence-electron chi connectivity index (χ0n) is 26.0. The van der Waals surface area contributed by atoms with E-state index in [1.54, 1.807) is 35.5 Å². The lowest BCUT2D eigenvalue weighted by Crippen LogP contribution is -2.38. The van der Waals surface area contributed by atoms with Gasteiger partial charge < -0.3 is 20.7 Å². The van der Waals surface area contributed by atoms with Crippen LogP contribution in [0.5, 0.6) is 0 Å². The van der Waals surface area contributed by atoms with E-state index in [0.717, 1.165) is 11.1 Å². The first-order valence-electron chi connectivity index (χ1n) is 14.8. The van der Waals surface area contributed by atoms with Crippen LogP contribution >= 0.6 is 11.6 Å². The monoisotopic (exact) mass is 626 g/mol. The second-order valence-corrected chi connectivity index (χ2v) is 11.0. The van der Waals surface area contributed by atoms with E-state index in [2.05, 4.69) is 20.3 Å². The van der Waals surface area contributed by atoms with Crippen molar-refractivity contribution in [2.75, 3.05) is 37.0 Å². The van der Waals surface area contributed by atoms with Crippen LogP contribution in [0.1, 0.15) is 72.9 Å². The topological polar surface area (TPSA) is 133 Å². The number of amides is 1. The minimum absolute atomic E-state index is 0.00652. The van der Waals surface area contributed by atoms with Gasteiger partial charge in [0.25, 0.3) is 11.5 Å². The molecule has 1 atom stereocenters. The number of rotatable bonds is 9. The third-order valence-electron chi connectivity index (χ3n) is 7.77. The Balaban J connectivity index is 0.00000216. The summed E-state index contributed by atoms with van der Waals surface area (Å²) in [6, 6.07) is 6.67. The van der Waals surface area contributed by atoms with Crippen LogP contribution in [-0.4, -0.2) is 57.0 Å². The number of aromatic nitrogens is 5. The molecule has 0 spiro atoms. The number of fused-ring (bicyclic) bond motifs is 1. The predicted octanol–water partition coefficient (Wildman–Crippen LogP) is 4.95. The molecule has 4 aromatic rings. The number of anilines is 2. The number of nitrogens with one attached hydrogen (secondary N) is 1. The number of benzene rings is 1. The average molecular weight is 627 g/mol. The van der Waals surface area contributed by atoms with E-state index < -0.39 is 5.91 Å². The van der Waals surface area contributed by atoms with Crippen LogP contribution in [0.3, 0.4) is 0 Å². The number of piperidine rings is 1. The molecule has 1 fully saturated rings. The summed E-state index contributed by atoms with van der Waals surface area (Å²) in [7, 11) is 3.33. The second kappa shape index (κ2) is 14.2. The summed E-state index contributed by atoms with van der Waals surface area (Å²) < 4.78 is 23.1. The molecule has 1 aromatic carbocycles. The molecule has 44 heavy (non-hydrogen) atoms. The number of nitrogens with two attached hydrogens (primary N) is 1. The lowest BCUT2D eigenvalue weighted by molar-refractivity contribution is 0.0996. The lowest BCUT2D eigenvalue weighted by Gasteiger charge is -2.34. The van der Waals surface area contributed by atoms with Gasteiger partial charge in [-0.1, -0.05) is 31.5 Å². The minimum atomic E-state index is -0.708. The third-order valence-corrected chi connectivity index (χ3v) is 7.98. The summed E-state index contributed by atoms with van der Waals surface area (Å²) in [5.74, 6) is -0.478. The lowest BCUT2D eigenvalue weighted by atomic mass is 9.93. The summed E-state index contributed by atoms with van der Waals surface area (Å²) in [5.41, 5.74) is 8.67. The van der Waals surface area contributed by atoms with Crippen LogP contribution in [0.2, 0.25) is 5.15 Å². The number of hydrogen-bond donors (Lipinski definition) is 2. The van der Waals surface area contributed by atoms with Crippen molar-refractivity contribution < 1.29 is 13.9 Å². The quantitative estimate of drug-likeness (QED) is 0.249. The maximum atomic E-state index is 14.7. The van der Waals surface area contributed by atoms with Gasteiger partial charge in [0, 0.05) is 38.7 Å². The average Bonchev–Trinajstić information content (AvgIpc) is 3.39. The SMILES string of the molecule is CC.COCCn1ncc(F)c1C1CCN(c2nc3c(C(C)Nc4ccc(Cl)nc4C(N)=O)cc(C)cc3c(=O)n2C)CC1. The number of methoxy groups -OCH3 is 1. The van der Waals surface area contributed by atoms with Gasteiger partial charge in [-0.05, 0) is 50.5 Å². The molecule has 1 saturated heterocycles. The number of carbonyl (C=O) groups is 1. The maximum absolute atomic E-state index is 14.7. The van der Waals surface area contributed by atoms with Crippen LogP contribution in [0, 0.1) is 12.7 Å². The van der Waals surface area contributed by atoms with E-state index in [9.17, 15) is 14.0 Å². The fraction of sp³-hybridized carbons (Fsp3) is 0.452. The zero-order valence-corrected chi connectivity index (χ0v) is 26.8. The van der Waals surface area contributed by atoms with Crippen molar-refractivity contribution in [3.8, 4) is 0 Å². The largest absolute Gasteiger partial charge is 0.383 e. The molecule has 3 N–H and O–H groups in total. The molecule has 3 aromatic heterocycles. The van der Waals surface area contributed by atoms with Gasteiger partial charge in [-0.3, -0.25) is 18.8 Å². The number of pyridine rings is 1. The van der Waals surface area contributed by atoms with Gasteiger partial charge in [0.15, 0.2) is 11.5 Å². The highest BCUT2D eigenvalue weighted by Crippen LogP contribution is 2.33. The highest BCUT2D eigenvalue weighted by molar-refractivity contribution is 6.29. The Morgan fingerprint density at radius 3 is 2.59 bits per heavy atom. The van der Waals surface area contributed by atoms with E-state index in [-0.39, 0.29) is 34.2 Å². The van der Waals surface area contributed by atoms with Crippen molar-refractivity contribution in [1.29, 1.82) is 0 Å². The van der Waals surface area contributed by atoms with Crippen molar-refractivity contribution in [1.82, 2.24) is 24.3 Å². The number of ether oxygens (including phenoxy) is 1. The molecule has 0 bridgehead atoms. The number of primary amides is 1. The maximum Gasteiger partial charge on any atom is 0.269 e. The van der Waals surface area contributed by atoms with E-state index in [4.69, 9.17) is 27.1 Å². The Hall–Kier alpha value is -4.03. The third kappa shape index (κ3) is 6.71. The molecule has 1 aliphatic heterocycles. The molecule has 5 rings (SSSR count). The molecular weight excluding hydrogens is 587 g/mol. The van der Waals surface area contributed by atoms with Crippen molar-refractivity contribution in [2.24, 2.45) is 12.8 Å². The molecular formula is C31H40ClFN8O3. The van der Waals surface area contributed by atoms with Crippen LogP contribution in [-0.2, 0) is 18.3 Å². The number of hydrogen-bond acceptors (Lipinski definition) is 8. The van der Waals surface area contributed by atoms with Gasteiger partial charge in [0.2, 0.25) is 5.95 Å². The number of carbonyl (C=O) groups excluding carboxylic acids is 1. The first-order chi connectivity index (χ1) is 21.1. The Kier molecular flexibility index (Phi) is 10.6. The molecule has 11 nitrogen and oxygen atoms in total. The van der Waals surface area contributed by atoms with Gasteiger partial charge in [0.05, 0.1) is 47.7 Å². The van der Waals surface area contributed by atoms with E-state index in [1.165, 1.54) is 6.20 Å². The molecule has 1 unspecified atom stereocenters. The Morgan fingerprint density at radius 2 is 1.93 bits per heavy atom. The Bertz CT molecular complexity index is 1700. The van der Waals surface area contributed by atoms with E-state index in [1.807, 2.05) is 39.8 Å². The standard InChI is InChI=1S/C29H34ClFN8O3.C2H6/c1-16-13-19(17(2)34-22-5-6-23(30)35-25(22)27(32)40)24-20(14-16)28(41)37(3)29(36-24)38-9-7-18(8-10-38)26-21(31)15-33-39(26)11-12-42-4;1-2/h5-6,13-15,17-18,34H,7-12H2,1-4H3,(H2,32,40);1-2H3. The molecule has 0 saturated carbocycles. The summed E-state index contributed by atoms with van der Waals surface area (Å²) in [6.45, 7) is 9.96. The van der Waals surface area contributed by atoms with Crippen LogP contribution in [0.25, 0.3) is 10.9 Å². The fourth-order valence-electron chi connectivity index (χ4n) is 5.69. The van der Waals surface area contributed by atoms with Gasteiger partial charge in [0.1, 0.15) is 5.15 Å². The summed E-state index contributed by atoms with van der Waals surface area (Å²) in [6.07, 6.45) is 2.63. The van der Waals surface area contributed by atoms with Crippen molar-refractivity contribution in [2.45, 2.75) is 59.0 Å².